The molecule has 0 aliphatic heterocycles. The van der Waals surface area contributed by atoms with Crippen molar-refractivity contribution in [2.24, 2.45) is 0 Å². The molecule has 6 nitrogen and oxygen atoms in total. The predicted octanol–water partition coefficient (Wildman–Crippen LogP) is 0.942. The number of likely N-dealkylation sites (N-methyl/N-ethyl adjacent to an activating group) is 1. The van der Waals surface area contributed by atoms with Gasteiger partial charge in [0.1, 0.15) is 23.5 Å². The number of nitrogens with one attached hydrogen (secondary N) is 3. The maximum atomic E-state index is 11.5. The third-order valence-corrected chi connectivity index (χ3v) is 2.95. The van der Waals surface area contributed by atoms with E-state index in [-0.39, 0.29) is 11.9 Å². The zero-order chi connectivity index (χ0) is 13.1. The van der Waals surface area contributed by atoms with Crippen LogP contribution in [-0.4, -0.2) is 36.0 Å². The summed E-state index contributed by atoms with van der Waals surface area (Å²) in [4.78, 5) is 20.4. The molecule has 1 aliphatic rings. The van der Waals surface area contributed by atoms with Gasteiger partial charge in [-0.1, -0.05) is 0 Å². The van der Waals surface area contributed by atoms with Crippen LogP contribution in [0.1, 0.15) is 31.5 Å². The highest BCUT2D eigenvalue weighted by molar-refractivity contribution is 5.83. The summed E-state index contributed by atoms with van der Waals surface area (Å²) in [6.45, 7) is 1.80. The molecule has 3 N–H and O–H groups in total. The number of aromatic nitrogens is 2. The molecule has 0 saturated heterocycles. The lowest BCUT2D eigenvalue weighted by atomic mass is 10.3. The number of carbonyl (C=O) groups excluding carboxylic acids is 1. The summed E-state index contributed by atoms with van der Waals surface area (Å²) in [5.41, 5.74) is 0. The van der Waals surface area contributed by atoms with Gasteiger partial charge in [-0.25, -0.2) is 9.97 Å². The van der Waals surface area contributed by atoms with Gasteiger partial charge in [-0.2, -0.15) is 0 Å². The second kappa shape index (κ2) is 5.20. The summed E-state index contributed by atoms with van der Waals surface area (Å²) in [6.07, 6.45) is 2.30. The van der Waals surface area contributed by atoms with Crippen molar-refractivity contribution in [2.45, 2.75) is 31.7 Å². The van der Waals surface area contributed by atoms with Crippen molar-refractivity contribution in [1.82, 2.24) is 15.3 Å². The molecule has 98 valence electrons. The van der Waals surface area contributed by atoms with Gasteiger partial charge in [0.2, 0.25) is 5.91 Å². The van der Waals surface area contributed by atoms with Gasteiger partial charge < -0.3 is 16.0 Å². The number of amides is 1. The minimum Gasteiger partial charge on any atom is -0.373 e. The number of nitrogens with zero attached hydrogens (tertiary/aromatic N) is 2. The standard InChI is InChI=1S/C12H19N5O/c1-7(12(18)14-3)15-10-6-9(13-2)16-11(17-10)8-4-5-8/h6-8H,4-5H2,1-3H3,(H,14,18)(H2,13,15,16,17). The first-order valence-electron chi connectivity index (χ1n) is 6.19. The van der Waals surface area contributed by atoms with Gasteiger partial charge in [0.15, 0.2) is 0 Å². The number of anilines is 2. The zero-order valence-corrected chi connectivity index (χ0v) is 10.9. The molecule has 1 heterocycles. The van der Waals surface area contributed by atoms with Gasteiger partial charge in [-0.3, -0.25) is 4.79 Å². The molecule has 0 radical (unpaired) electrons. The normalized spacial score (nSPS) is 15.9. The first-order valence-corrected chi connectivity index (χ1v) is 6.19. The molecule has 1 fully saturated rings. The van der Waals surface area contributed by atoms with Gasteiger partial charge in [0.05, 0.1) is 0 Å². The molecular formula is C12H19N5O. The Morgan fingerprint density at radius 2 is 2.00 bits per heavy atom. The van der Waals surface area contributed by atoms with E-state index in [0.717, 1.165) is 24.5 Å². The molecule has 1 aromatic heterocycles. The van der Waals surface area contributed by atoms with Crippen molar-refractivity contribution in [3.63, 3.8) is 0 Å². The van der Waals surface area contributed by atoms with E-state index >= 15 is 0 Å². The van der Waals surface area contributed by atoms with E-state index in [4.69, 9.17) is 0 Å². The maximum absolute atomic E-state index is 11.5. The van der Waals surface area contributed by atoms with Crippen molar-refractivity contribution in [3.8, 4) is 0 Å². The van der Waals surface area contributed by atoms with E-state index in [9.17, 15) is 4.79 Å². The molecule has 0 bridgehead atoms. The molecule has 2 rings (SSSR count). The van der Waals surface area contributed by atoms with Crippen LogP contribution in [0.4, 0.5) is 11.6 Å². The van der Waals surface area contributed by atoms with Crippen LogP contribution in [-0.2, 0) is 4.79 Å². The van der Waals surface area contributed by atoms with E-state index < -0.39 is 0 Å². The Bertz CT molecular complexity index is 444. The molecule has 1 atom stereocenters. The van der Waals surface area contributed by atoms with Crippen molar-refractivity contribution in [2.75, 3.05) is 24.7 Å². The molecular weight excluding hydrogens is 230 g/mol. The number of carbonyl (C=O) groups is 1. The topological polar surface area (TPSA) is 78.9 Å². The molecule has 1 unspecified atom stereocenters. The zero-order valence-electron chi connectivity index (χ0n) is 10.9. The van der Waals surface area contributed by atoms with Gasteiger partial charge in [-0.05, 0) is 19.8 Å². The quantitative estimate of drug-likeness (QED) is 0.724. The molecule has 1 amide bonds. The number of hydrogen-bond acceptors (Lipinski definition) is 5. The fourth-order valence-corrected chi connectivity index (χ4v) is 1.70. The van der Waals surface area contributed by atoms with Crippen LogP contribution in [0.5, 0.6) is 0 Å². The SMILES string of the molecule is CNC(=O)C(C)Nc1cc(NC)nc(C2CC2)n1. The maximum Gasteiger partial charge on any atom is 0.241 e. The second-order valence-corrected chi connectivity index (χ2v) is 4.50. The molecule has 1 saturated carbocycles. The highest BCUT2D eigenvalue weighted by Crippen LogP contribution is 2.38. The fraction of sp³-hybridized carbons (Fsp3) is 0.583. The van der Waals surface area contributed by atoms with E-state index in [1.54, 1.807) is 14.0 Å². The lowest BCUT2D eigenvalue weighted by Gasteiger charge is -2.14. The predicted molar refractivity (Wildman–Crippen MR) is 70.7 cm³/mol. The van der Waals surface area contributed by atoms with Crippen LogP contribution in [0.25, 0.3) is 0 Å². The van der Waals surface area contributed by atoms with E-state index in [1.165, 1.54) is 0 Å². The Hall–Kier alpha value is -1.85. The first kappa shape index (κ1) is 12.6. The minimum atomic E-state index is -0.318. The molecule has 18 heavy (non-hydrogen) atoms. The number of hydrogen-bond donors (Lipinski definition) is 3. The second-order valence-electron chi connectivity index (χ2n) is 4.50. The Balaban J connectivity index is 2.16. The highest BCUT2D eigenvalue weighted by Gasteiger charge is 2.27. The Kier molecular flexibility index (Phi) is 3.64. The molecule has 6 heteroatoms. The molecule has 0 aromatic carbocycles. The molecule has 0 spiro atoms. The Labute approximate surface area is 107 Å². The monoisotopic (exact) mass is 249 g/mol. The highest BCUT2D eigenvalue weighted by atomic mass is 16.2. The van der Waals surface area contributed by atoms with Gasteiger partial charge in [0.25, 0.3) is 0 Å². The van der Waals surface area contributed by atoms with Crippen molar-refractivity contribution < 1.29 is 4.79 Å². The van der Waals surface area contributed by atoms with Crippen molar-refractivity contribution >= 4 is 17.5 Å². The average molecular weight is 249 g/mol. The van der Waals surface area contributed by atoms with E-state index in [0.29, 0.717) is 11.7 Å². The summed E-state index contributed by atoms with van der Waals surface area (Å²) in [5.74, 6) is 2.74. The van der Waals surface area contributed by atoms with E-state index in [1.807, 2.05) is 13.1 Å². The largest absolute Gasteiger partial charge is 0.373 e. The van der Waals surface area contributed by atoms with Gasteiger partial charge >= 0.3 is 0 Å². The van der Waals surface area contributed by atoms with E-state index in [2.05, 4.69) is 25.9 Å². The Morgan fingerprint density at radius 1 is 1.33 bits per heavy atom. The van der Waals surface area contributed by atoms with Crippen molar-refractivity contribution in [1.29, 1.82) is 0 Å². The lowest BCUT2D eigenvalue weighted by Crippen LogP contribution is -2.35. The summed E-state index contributed by atoms with van der Waals surface area (Å²) < 4.78 is 0. The van der Waals surface area contributed by atoms with Crippen LogP contribution >= 0.6 is 0 Å². The van der Waals surface area contributed by atoms with Crippen LogP contribution in [0.2, 0.25) is 0 Å². The average Bonchev–Trinajstić information content (AvgIpc) is 3.21. The summed E-state index contributed by atoms with van der Waals surface area (Å²) in [7, 11) is 3.44. The smallest absolute Gasteiger partial charge is 0.241 e. The summed E-state index contributed by atoms with van der Waals surface area (Å²) in [6, 6.07) is 1.49. The fourth-order valence-electron chi connectivity index (χ4n) is 1.70. The van der Waals surface area contributed by atoms with Crippen LogP contribution in [0, 0.1) is 0 Å². The first-order chi connectivity index (χ1) is 8.63. The van der Waals surface area contributed by atoms with Gasteiger partial charge in [0, 0.05) is 26.1 Å². The van der Waals surface area contributed by atoms with Crippen LogP contribution in [0.15, 0.2) is 6.07 Å². The summed E-state index contributed by atoms with van der Waals surface area (Å²) in [5, 5.41) is 8.71. The third kappa shape index (κ3) is 2.88. The van der Waals surface area contributed by atoms with Gasteiger partial charge in [-0.15, -0.1) is 0 Å². The Morgan fingerprint density at radius 3 is 2.56 bits per heavy atom. The minimum absolute atomic E-state index is 0.0624. The molecule has 1 aliphatic carbocycles. The van der Waals surface area contributed by atoms with Crippen molar-refractivity contribution in [3.05, 3.63) is 11.9 Å². The van der Waals surface area contributed by atoms with Crippen LogP contribution < -0.4 is 16.0 Å². The summed E-state index contributed by atoms with van der Waals surface area (Å²) >= 11 is 0. The number of rotatable bonds is 5. The van der Waals surface area contributed by atoms with Crippen LogP contribution in [0.3, 0.4) is 0 Å². The molecule has 1 aromatic rings. The third-order valence-electron chi connectivity index (χ3n) is 2.95. The lowest BCUT2D eigenvalue weighted by molar-refractivity contribution is -0.121.